The lowest BCUT2D eigenvalue weighted by atomic mass is 10.2. The Morgan fingerprint density at radius 3 is 2.33 bits per heavy atom. The zero-order valence-corrected chi connectivity index (χ0v) is 13.1. The summed E-state index contributed by atoms with van der Waals surface area (Å²) in [5.74, 6) is -1.40. The number of aryl methyl sites for hydroxylation is 1. The van der Waals surface area contributed by atoms with Crippen LogP contribution >= 0.6 is 0 Å². The molecule has 6 nitrogen and oxygen atoms in total. The minimum absolute atomic E-state index is 0.182. The molecule has 0 saturated heterocycles. The van der Waals surface area contributed by atoms with Gasteiger partial charge in [-0.3, -0.25) is 4.79 Å². The van der Waals surface area contributed by atoms with Crippen LogP contribution in [0.15, 0.2) is 29.2 Å². The van der Waals surface area contributed by atoms with Crippen molar-refractivity contribution in [1.82, 2.24) is 5.32 Å². The van der Waals surface area contributed by atoms with Crippen LogP contribution in [0.1, 0.15) is 18.9 Å². The Labute approximate surface area is 124 Å². The van der Waals surface area contributed by atoms with Gasteiger partial charge in [-0.05, 0) is 26.0 Å². The second-order valence-electron chi connectivity index (χ2n) is 4.69. The Bertz CT molecular complexity index is 607. The van der Waals surface area contributed by atoms with Crippen LogP contribution in [0.25, 0.3) is 0 Å². The summed E-state index contributed by atoms with van der Waals surface area (Å²) in [4.78, 5) is 23.0. The van der Waals surface area contributed by atoms with Crippen molar-refractivity contribution in [1.29, 1.82) is 0 Å². The number of ether oxygens (including phenoxy) is 1. The molecule has 0 fully saturated rings. The topological polar surface area (TPSA) is 89.5 Å². The largest absolute Gasteiger partial charge is 0.467 e. The molecule has 116 valence electrons. The number of rotatable bonds is 6. The van der Waals surface area contributed by atoms with Gasteiger partial charge in [0.25, 0.3) is 0 Å². The standard InChI is InChI=1S/C14H19NO5S/c1-10-4-6-12(7-5-10)21(18,19)9-8-13(16)15-11(2)14(17)20-3/h4-7,11H,8-9H2,1-3H3,(H,15,16)/t11-/m0/s1. The lowest BCUT2D eigenvalue weighted by molar-refractivity contribution is -0.144. The van der Waals surface area contributed by atoms with E-state index in [1.165, 1.54) is 26.2 Å². The van der Waals surface area contributed by atoms with Crippen LogP contribution in [0.2, 0.25) is 0 Å². The van der Waals surface area contributed by atoms with Crippen molar-refractivity contribution in [2.75, 3.05) is 12.9 Å². The van der Waals surface area contributed by atoms with Crippen molar-refractivity contribution in [2.24, 2.45) is 0 Å². The molecular weight excluding hydrogens is 294 g/mol. The van der Waals surface area contributed by atoms with E-state index in [9.17, 15) is 18.0 Å². The van der Waals surface area contributed by atoms with Gasteiger partial charge in [-0.15, -0.1) is 0 Å². The normalized spacial score (nSPS) is 12.5. The zero-order valence-electron chi connectivity index (χ0n) is 12.3. The maximum Gasteiger partial charge on any atom is 0.328 e. The van der Waals surface area contributed by atoms with Gasteiger partial charge in [-0.1, -0.05) is 17.7 Å². The predicted octanol–water partition coefficient (Wildman–Crippen LogP) is 0.837. The molecule has 1 atom stereocenters. The third-order valence-corrected chi connectivity index (χ3v) is 4.64. The number of carbonyl (C=O) groups excluding carboxylic acids is 2. The van der Waals surface area contributed by atoms with E-state index in [0.29, 0.717) is 0 Å². The van der Waals surface area contributed by atoms with E-state index in [4.69, 9.17) is 0 Å². The minimum Gasteiger partial charge on any atom is -0.467 e. The number of methoxy groups -OCH3 is 1. The fourth-order valence-corrected chi connectivity index (χ4v) is 2.88. The molecule has 0 aliphatic heterocycles. The monoisotopic (exact) mass is 313 g/mol. The SMILES string of the molecule is COC(=O)[C@H](C)NC(=O)CCS(=O)(=O)c1ccc(C)cc1. The molecule has 7 heteroatoms. The minimum atomic E-state index is -3.51. The summed E-state index contributed by atoms with van der Waals surface area (Å²) in [6.45, 7) is 3.33. The molecule has 0 radical (unpaired) electrons. The molecule has 1 aromatic carbocycles. The number of hydrogen-bond donors (Lipinski definition) is 1. The van der Waals surface area contributed by atoms with Crippen LogP contribution in [-0.4, -0.2) is 39.2 Å². The van der Waals surface area contributed by atoms with E-state index in [0.717, 1.165) is 5.56 Å². The first-order valence-electron chi connectivity index (χ1n) is 6.43. The molecule has 0 aliphatic carbocycles. The van der Waals surface area contributed by atoms with E-state index in [1.54, 1.807) is 12.1 Å². The molecule has 0 bridgehead atoms. The van der Waals surface area contributed by atoms with Gasteiger partial charge in [-0.25, -0.2) is 13.2 Å². The molecule has 1 rings (SSSR count). The maximum absolute atomic E-state index is 12.1. The first-order valence-corrected chi connectivity index (χ1v) is 8.08. The summed E-state index contributed by atoms with van der Waals surface area (Å²) in [6, 6.07) is 5.63. The van der Waals surface area contributed by atoms with E-state index in [1.807, 2.05) is 6.92 Å². The van der Waals surface area contributed by atoms with Crippen molar-refractivity contribution in [2.45, 2.75) is 31.2 Å². The number of amides is 1. The smallest absolute Gasteiger partial charge is 0.328 e. The van der Waals surface area contributed by atoms with Crippen molar-refractivity contribution >= 4 is 21.7 Å². The molecule has 0 heterocycles. The van der Waals surface area contributed by atoms with Gasteiger partial charge < -0.3 is 10.1 Å². The molecule has 0 aliphatic rings. The van der Waals surface area contributed by atoms with E-state index in [-0.39, 0.29) is 17.1 Å². The van der Waals surface area contributed by atoms with Gasteiger partial charge in [0.15, 0.2) is 9.84 Å². The third kappa shape index (κ3) is 5.18. The highest BCUT2D eigenvalue weighted by Gasteiger charge is 2.19. The number of nitrogens with one attached hydrogen (secondary N) is 1. The Hall–Kier alpha value is -1.89. The van der Waals surface area contributed by atoms with Crippen LogP contribution in [-0.2, 0) is 24.2 Å². The molecular formula is C14H19NO5S. The van der Waals surface area contributed by atoms with E-state index in [2.05, 4.69) is 10.1 Å². The second-order valence-corrected chi connectivity index (χ2v) is 6.80. The average Bonchev–Trinajstić information content (AvgIpc) is 2.44. The molecule has 0 saturated carbocycles. The van der Waals surface area contributed by atoms with Crippen LogP contribution in [0, 0.1) is 6.92 Å². The summed E-state index contributed by atoms with van der Waals surface area (Å²) in [5, 5.41) is 2.39. The first-order chi connectivity index (χ1) is 9.76. The molecule has 0 aromatic heterocycles. The summed E-state index contributed by atoms with van der Waals surface area (Å²) in [6.07, 6.45) is -0.211. The van der Waals surface area contributed by atoms with Crippen LogP contribution < -0.4 is 5.32 Å². The van der Waals surface area contributed by atoms with Crippen LogP contribution in [0.4, 0.5) is 0 Å². The highest BCUT2D eigenvalue weighted by Crippen LogP contribution is 2.13. The lowest BCUT2D eigenvalue weighted by Crippen LogP contribution is -2.39. The average molecular weight is 313 g/mol. The van der Waals surface area contributed by atoms with Gasteiger partial charge in [0.05, 0.1) is 17.8 Å². The quantitative estimate of drug-likeness (QED) is 0.786. The van der Waals surface area contributed by atoms with Crippen molar-refractivity contribution in [3.63, 3.8) is 0 Å². The number of carbonyl (C=O) groups is 2. The van der Waals surface area contributed by atoms with E-state index >= 15 is 0 Å². The Morgan fingerprint density at radius 2 is 1.81 bits per heavy atom. The summed E-state index contributed by atoms with van der Waals surface area (Å²) in [5.41, 5.74) is 0.957. The molecule has 1 aromatic rings. The second kappa shape index (κ2) is 7.21. The van der Waals surface area contributed by atoms with Crippen LogP contribution in [0.3, 0.4) is 0 Å². The van der Waals surface area contributed by atoms with Gasteiger partial charge in [0.2, 0.25) is 5.91 Å². The number of esters is 1. The molecule has 0 spiro atoms. The number of hydrogen-bond acceptors (Lipinski definition) is 5. The summed E-state index contributed by atoms with van der Waals surface area (Å²) >= 11 is 0. The Balaban J connectivity index is 2.59. The molecule has 1 amide bonds. The molecule has 0 unspecified atom stereocenters. The predicted molar refractivity (Wildman–Crippen MR) is 77.5 cm³/mol. The van der Waals surface area contributed by atoms with E-state index < -0.39 is 27.8 Å². The maximum atomic E-state index is 12.1. The lowest BCUT2D eigenvalue weighted by Gasteiger charge is -2.11. The van der Waals surface area contributed by atoms with Crippen molar-refractivity contribution < 1.29 is 22.7 Å². The third-order valence-electron chi connectivity index (χ3n) is 2.91. The molecule has 21 heavy (non-hydrogen) atoms. The first kappa shape index (κ1) is 17.2. The Kier molecular flexibility index (Phi) is 5.90. The highest BCUT2D eigenvalue weighted by atomic mass is 32.2. The fourth-order valence-electron chi connectivity index (χ4n) is 1.64. The summed E-state index contributed by atoms with van der Waals surface area (Å²) in [7, 11) is -2.30. The fraction of sp³-hybridized carbons (Fsp3) is 0.429. The van der Waals surface area contributed by atoms with Gasteiger partial charge >= 0.3 is 5.97 Å². The van der Waals surface area contributed by atoms with Gasteiger partial charge in [0, 0.05) is 6.42 Å². The zero-order chi connectivity index (χ0) is 16.0. The molecule has 1 N–H and O–H groups in total. The van der Waals surface area contributed by atoms with Crippen LogP contribution in [0.5, 0.6) is 0 Å². The Morgan fingerprint density at radius 1 is 1.24 bits per heavy atom. The van der Waals surface area contributed by atoms with Gasteiger partial charge in [-0.2, -0.15) is 0 Å². The highest BCUT2D eigenvalue weighted by molar-refractivity contribution is 7.91. The van der Waals surface area contributed by atoms with Crippen molar-refractivity contribution in [3.8, 4) is 0 Å². The van der Waals surface area contributed by atoms with Crippen molar-refractivity contribution in [3.05, 3.63) is 29.8 Å². The number of benzene rings is 1. The van der Waals surface area contributed by atoms with Gasteiger partial charge in [0.1, 0.15) is 6.04 Å². The summed E-state index contributed by atoms with van der Waals surface area (Å²) < 4.78 is 28.6. The number of sulfone groups is 1.